The van der Waals surface area contributed by atoms with Gasteiger partial charge < -0.3 is 14.5 Å². The van der Waals surface area contributed by atoms with Crippen LogP contribution in [0.5, 0.6) is 0 Å². The largest absolute Gasteiger partial charge is 0.449 e. The van der Waals surface area contributed by atoms with Crippen LogP contribution in [0.3, 0.4) is 0 Å². The molecule has 5 heteroatoms. The van der Waals surface area contributed by atoms with E-state index in [0.29, 0.717) is 18.6 Å². The summed E-state index contributed by atoms with van der Waals surface area (Å²) in [5, 5.41) is 0. The van der Waals surface area contributed by atoms with Gasteiger partial charge in [0.05, 0.1) is 6.61 Å². The highest BCUT2D eigenvalue weighted by atomic mass is 127. The van der Waals surface area contributed by atoms with Crippen molar-refractivity contribution in [3.63, 3.8) is 0 Å². The Labute approximate surface area is 152 Å². The molecule has 0 aliphatic carbocycles. The summed E-state index contributed by atoms with van der Waals surface area (Å²) < 4.78 is 6.66. The van der Waals surface area contributed by atoms with E-state index in [1.165, 1.54) is 14.8 Å². The number of benzene rings is 1. The molecule has 0 aromatic heterocycles. The maximum Gasteiger partial charge on any atom is 0.409 e. The standard InChI is InChI=1S/C18H25IN2O2/c1-13(2)12-23-18(22)20-8-6-16(7-9-20)21-10-5-14-11-15(19)3-4-17(14)21/h3-4,11,13,16H,5-10,12H2,1-2H3. The Morgan fingerprint density at radius 2 is 2.04 bits per heavy atom. The van der Waals surface area contributed by atoms with Crippen LogP contribution >= 0.6 is 22.6 Å². The molecular formula is C18H25IN2O2. The molecule has 2 heterocycles. The fraction of sp³-hybridized carbons (Fsp3) is 0.611. The van der Waals surface area contributed by atoms with E-state index in [9.17, 15) is 4.79 Å². The number of halogens is 1. The number of hydrogen-bond donors (Lipinski definition) is 0. The van der Waals surface area contributed by atoms with E-state index in [1.54, 1.807) is 0 Å². The van der Waals surface area contributed by atoms with Gasteiger partial charge in [-0.15, -0.1) is 0 Å². The van der Waals surface area contributed by atoms with Crippen LogP contribution in [0.4, 0.5) is 10.5 Å². The number of carbonyl (C=O) groups is 1. The molecule has 1 fully saturated rings. The Bertz CT molecular complexity index is 568. The van der Waals surface area contributed by atoms with Gasteiger partial charge in [0.2, 0.25) is 0 Å². The van der Waals surface area contributed by atoms with Crippen LogP contribution in [0.15, 0.2) is 18.2 Å². The average molecular weight is 428 g/mol. The smallest absolute Gasteiger partial charge is 0.409 e. The van der Waals surface area contributed by atoms with E-state index in [-0.39, 0.29) is 6.09 Å². The highest BCUT2D eigenvalue weighted by Crippen LogP contribution is 2.33. The molecule has 0 saturated carbocycles. The minimum Gasteiger partial charge on any atom is -0.449 e. The van der Waals surface area contributed by atoms with Gasteiger partial charge in [0.25, 0.3) is 0 Å². The van der Waals surface area contributed by atoms with Gasteiger partial charge in [-0.05, 0) is 71.5 Å². The number of anilines is 1. The first-order valence-corrected chi connectivity index (χ1v) is 9.59. The highest BCUT2D eigenvalue weighted by molar-refractivity contribution is 14.1. The number of rotatable bonds is 3. The first-order valence-electron chi connectivity index (χ1n) is 8.51. The summed E-state index contributed by atoms with van der Waals surface area (Å²) in [7, 11) is 0. The number of hydrogen-bond acceptors (Lipinski definition) is 3. The lowest BCUT2D eigenvalue weighted by Gasteiger charge is -2.37. The first-order chi connectivity index (χ1) is 11.0. The topological polar surface area (TPSA) is 32.8 Å². The van der Waals surface area contributed by atoms with Crippen molar-refractivity contribution in [2.45, 2.75) is 39.2 Å². The maximum atomic E-state index is 12.1. The summed E-state index contributed by atoms with van der Waals surface area (Å²) in [6, 6.07) is 7.29. The molecule has 0 spiro atoms. The van der Waals surface area contributed by atoms with Gasteiger partial charge in [0.15, 0.2) is 0 Å². The lowest BCUT2D eigenvalue weighted by molar-refractivity contribution is 0.0833. The third-order valence-corrected chi connectivity index (χ3v) is 5.35. The van der Waals surface area contributed by atoms with Crippen molar-refractivity contribution < 1.29 is 9.53 Å². The van der Waals surface area contributed by atoms with Gasteiger partial charge >= 0.3 is 6.09 Å². The summed E-state index contributed by atoms with van der Waals surface area (Å²) in [6.07, 6.45) is 3.06. The number of nitrogens with zero attached hydrogens (tertiary/aromatic N) is 2. The van der Waals surface area contributed by atoms with Crippen LogP contribution in [0.25, 0.3) is 0 Å². The van der Waals surface area contributed by atoms with Crippen LogP contribution in [-0.4, -0.2) is 43.3 Å². The molecule has 1 aromatic rings. The molecule has 0 atom stereocenters. The van der Waals surface area contributed by atoms with Crippen LogP contribution in [0.1, 0.15) is 32.3 Å². The highest BCUT2D eigenvalue weighted by Gasteiger charge is 2.31. The second-order valence-corrected chi connectivity index (χ2v) is 8.15. The number of carbonyl (C=O) groups excluding carboxylic acids is 1. The lowest BCUT2D eigenvalue weighted by Crippen LogP contribution is -2.46. The van der Waals surface area contributed by atoms with Crippen LogP contribution in [0.2, 0.25) is 0 Å². The second-order valence-electron chi connectivity index (χ2n) is 6.91. The molecule has 23 heavy (non-hydrogen) atoms. The van der Waals surface area contributed by atoms with Gasteiger partial charge in [0, 0.05) is 34.9 Å². The maximum absolute atomic E-state index is 12.1. The number of piperidine rings is 1. The predicted molar refractivity (Wildman–Crippen MR) is 101 cm³/mol. The zero-order chi connectivity index (χ0) is 16.4. The van der Waals surface area contributed by atoms with Crippen LogP contribution < -0.4 is 4.90 Å². The number of likely N-dealkylation sites (tertiary alicyclic amines) is 1. The molecule has 1 saturated heterocycles. The molecule has 2 aliphatic rings. The van der Waals surface area contributed by atoms with Crippen molar-refractivity contribution in [1.29, 1.82) is 0 Å². The fourth-order valence-electron chi connectivity index (χ4n) is 3.46. The SMILES string of the molecule is CC(C)COC(=O)N1CCC(N2CCc3cc(I)ccc32)CC1. The second kappa shape index (κ2) is 7.28. The molecule has 126 valence electrons. The molecule has 0 bridgehead atoms. The summed E-state index contributed by atoms with van der Waals surface area (Å²) in [6.45, 7) is 7.35. The Balaban J connectivity index is 1.55. The molecule has 1 aromatic carbocycles. The summed E-state index contributed by atoms with van der Waals surface area (Å²) in [5.74, 6) is 0.389. The third kappa shape index (κ3) is 3.92. The van der Waals surface area contributed by atoms with E-state index in [1.807, 2.05) is 4.90 Å². The predicted octanol–water partition coefficient (Wildman–Crippen LogP) is 3.91. The minimum atomic E-state index is -0.145. The molecule has 4 nitrogen and oxygen atoms in total. The van der Waals surface area contributed by atoms with Crippen molar-refractivity contribution in [3.05, 3.63) is 27.3 Å². The van der Waals surface area contributed by atoms with E-state index in [2.05, 4.69) is 59.5 Å². The lowest BCUT2D eigenvalue weighted by atomic mass is 10.0. The van der Waals surface area contributed by atoms with Gasteiger partial charge in [-0.2, -0.15) is 0 Å². The monoisotopic (exact) mass is 428 g/mol. The van der Waals surface area contributed by atoms with Crippen molar-refractivity contribution in [2.75, 3.05) is 31.1 Å². The number of fused-ring (bicyclic) bond motifs is 1. The van der Waals surface area contributed by atoms with Gasteiger partial charge in [0.1, 0.15) is 0 Å². The molecule has 0 unspecified atom stereocenters. The fourth-order valence-corrected chi connectivity index (χ4v) is 4.02. The van der Waals surface area contributed by atoms with Crippen molar-refractivity contribution in [1.82, 2.24) is 4.90 Å². The molecule has 2 aliphatic heterocycles. The molecule has 0 N–H and O–H groups in total. The summed E-state index contributed by atoms with van der Waals surface area (Å²) in [4.78, 5) is 16.5. The Morgan fingerprint density at radius 3 is 2.74 bits per heavy atom. The number of amides is 1. The Morgan fingerprint density at radius 1 is 1.30 bits per heavy atom. The van der Waals surface area contributed by atoms with Crippen LogP contribution in [-0.2, 0) is 11.2 Å². The Kier molecular flexibility index (Phi) is 5.34. The average Bonchev–Trinajstić information content (AvgIpc) is 2.95. The Hall–Kier alpha value is -0.980. The van der Waals surface area contributed by atoms with E-state index < -0.39 is 0 Å². The number of ether oxygens (including phenoxy) is 1. The van der Waals surface area contributed by atoms with Crippen LogP contribution in [0, 0.1) is 9.49 Å². The summed E-state index contributed by atoms with van der Waals surface area (Å²) in [5.41, 5.74) is 2.86. The molecule has 3 rings (SSSR count). The van der Waals surface area contributed by atoms with E-state index in [0.717, 1.165) is 38.9 Å². The normalized spacial score (nSPS) is 18.4. The van der Waals surface area contributed by atoms with E-state index >= 15 is 0 Å². The molecule has 0 radical (unpaired) electrons. The van der Waals surface area contributed by atoms with Crippen molar-refractivity contribution in [3.8, 4) is 0 Å². The first kappa shape index (κ1) is 16.9. The summed E-state index contributed by atoms with van der Waals surface area (Å²) >= 11 is 2.38. The quantitative estimate of drug-likeness (QED) is 0.685. The molecule has 1 amide bonds. The zero-order valence-electron chi connectivity index (χ0n) is 13.9. The van der Waals surface area contributed by atoms with Crippen molar-refractivity contribution in [2.24, 2.45) is 5.92 Å². The van der Waals surface area contributed by atoms with Gasteiger partial charge in [-0.1, -0.05) is 13.8 Å². The van der Waals surface area contributed by atoms with Crippen molar-refractivity contribution >= 4 is 34.4 Å². The van der Waals surface area contributed by atoms with Gasteiger partial charge in [-0.3, -0.25) is 0 Å². The van der Waals surface area contributed by atoms with Gasteiger partial charge in [-0.25, -0.2) is 4.79 Å². The molecular weight excluding hydrogens is 403 g/mol. The third-order valence-electron chi connectivity index (χ3n) is 4.68. The van der Waals surface area contributed by atoms with E-state index in [4.69, 9.17) is 4.74 Å². The minimum absolute atomic E-state index is 0.145. The zero-order valence-corrected chi connectivity index (χ0v) is 16.1.